The second-order valence-electron chi connectivity index (χ2n) is 4.12. The summed E-state index contributed by atoms with van der Waals surface area (Å²) in [4.78, 5) is 15.3. The van der Waals surface area contributed by atoms with Gasteiger partial charge in [-0.1, -0.05) is 0 Å². The molecule has 0 saturated heterocycles. The number of pyridine rings is 1. The summed E-state index contributed by atoms with van der Waals surface area (Å²) in [5.41, 5.74) is 1.31. The SMILES string of the molecule is CCOCC(C)Oc1cc(C)nc(C)c1C(=O)O. The summed E-state index contributed by atoms with van der Waals surface area (Å²) in [7, 11) is 0. The summed E-state index contributed by atoms with van der Waals surface area (Å²) in [6, 6.07) is 1.64. The fourth-order valence-corrected chi connectivity index (χ4v) is 1.68. The molecular weight excluding hydrogens is 234 g/mol. The molecule has 0 radical (unpaired) electrons. The van der Waals surface area contributed by atoms with Crippen LogP contribution < -0.4 is 4.74 Å². The van der Waals surface area contributed by atoms with Gasteiger partial charge >= 0.3 is 5.97 Å². The monoisotopic (exact) mass is 253 g/mol. The maximum atomic E-state index is 11.2. The summed E-state index contributed by atoms with van der Waals surface area (Å²) in [5, 5.41) is 9.18. The van der Waals surface area contributed by atoms with Gasteiger partial charge in [0, 0.05) is 18.4 Å². The smallest absolute Gasteiger partial charge is 0.341 e. The van der Waals surface area contributed by atoms with Crippen molar-refractivity contribution >= 4 is 5.97 Å². The van der Waals surface area contributed by atoms with Crippen LogP contribution in [0, 0.1) is 13.8 Å². The molecule has 1 rings (SSSR count). The number of hydrogen-bond donors (Lipinski definition) is 1. The standard InChI is InChI=1S/C13H19NO4/c1-5-17-7-9(3)18-11-6-8(2)14-10(4)12(11)13(15)16/h6,9H,5,7H2,1-4H3,(H,15,16). The number of carboxylic acids is 1. The van der Waals surface area contributed by atoms with Crippen LogP contribution in [0.3, 0.4) is 0 Å². The van der Waals surface area contributed by atoms with Crippen LogP contribution in [-0.4, -0.2) is 35.4 Å². The number of carboxylic acid groups (broad SMARTS) is 1. The van der Waals surface area contributed by atoms with Crippen LogP contribution in [0.15, 0.2) is 6.07 Å². The quantitative estimate of drug-likeness (QED) is 0.841. The maximum Gasteiger partial charge on any atom is 0.341 e. The summed E-state index contributed by atoms with van der Waals surface area (Å²) in [6.45, 7) is 8.24. The van der Waals surface area contributed by atoms with Gasteiger partial charge in [-0.25, -0.2) is 4.79 Å². The number of aromatic nitrogens is 1. The van der Waals surface area contributed by atoms with Crippen molar-refractivity contribution in [1.82, 2.24) is 4.98 Å². The number of carbonyl (C=O) groups is 1. The largest absolute Gasteiger partial charge is 0.487 e. The van der Waals surface area contributed by atoms with Crippen LogP contribution in [0.1, 0.15) is 35.6 Å². The maximum absolute atomic E-state index is 11.2. The first-order chi connectivity index (χ1) is 8.45. The van der Waals surface area contributed by atoms with E-state index in [-0.39, 0.29) is 11.7 Å². The molecule has 0 aliphatic rings. The van der Waals surface area contributed by atoms with Crippen LogP contribution in [0.5, 0.6) is 5.75 Å². The molecule has 100 valence electrons. The molecule has 1 atom stereocenters. The summed E-state index contributed by atoms with van der Waals surface area (Å²) in [6.07, 6.45) is -0.204. The van der Waals surface area contributed by atoms with Gasteiger partial charge in [-0.2, -0.15) is 0 Å². The molecular formula is C13H19NO4. The molecule has 1 N–H and O–H groups in total. The molecule has 0 aliphatic heterocycles. The first-order valence-electron chi connectivity index (χ1n) is 5.91. The Hall–Kier alpha value is -1.62. The lowest BCUT2D eigenvalue weighted by atomic mass is 10.1. The lowest BCUT2D eigenvalue weighted by Crippen LogP contribution is -2.21. The molecule has 0 amide bonds. The third-order valence-electron chi connectivity index (χ3n) is 2.39. The minimum Gasteiger partial charge on any atom is -0.487 e. The van der Waals surface area contributed by atoms with Crippen molar-refractivity contribution < 1.29 is 19.4 Å². The lowest BCUT2D eigenvalue weighted by molar-refractivity contribution is 0.0605. The molecule has 0 spiro atoms. The zero-order chi connectivity index (χ0) is 13.7. The van der Waals surface area contributed by atoms with E-state index in [2.05, 4.69) is 4.98 Å². The fourth-order valence-electron chi connectivity index (χ4n) is 1.68. The second kappa shape index (κ2) is 6.35. The van der Waals surface area contributed by atoms with Gasteiger partial charge < -0.3 is 14.6 Å². The van der Waals surface area contributed by atoms with Crippen molar-refractivity contribution in [3.8, 4) is 5.75 Å². The first kappa shape index (κ1) is 14.4. The molecule has 0 saturated carbocycles. The van der Waals surface area contributed by atoms with Crippen molar-refractivity contribution in [3.63, 3.8) is 0 Å². The first-order valence-corrected chi connectivity index (χ1v) is 5.91. The van der Waals surface area contributed by atoms with Crippen molar-refractivity contribution in [2.45, 2.75) is 33.8 Å². The molecule has 0 aromatic carbocycles. The Morgan fingerprint density at radius 2 is 2.17 bits per heavy atom. The summed E-state index contributed by atoms with van der Waals surface area (Å²) >= 11 is 0. The van der Waals surface area contributed by atoms with E-state index >= 15 is 0 Å². The average Bonchev–Trinajstić information content (AvgIpc) is 2.24. The van der Waals surface area contributed by atoms with Crippen molar-refractivity contribution in [2.75, 3.05) is 13.2 Å². The van der Waals surface area contributed by atoms with Gasteiger partial charge in [-0.3, -0.25) is 4.98 Å². The van der Waals surface area contributed by atoms with E-state index in [1.165, 1.54) is 0 Å². The topological polar surface area (TPSA) is 68.7 Å². The average molecular weight is 253 g/mol. The molecule has 0 aliphatic carbocycles. The molecule has 0 fully saturated rings. The Labute approximate surface area is 107 Å². The summed E-state index contributed by atoms with van der Waals surface area (Å²) < 4.78 is 10.9. The van der Waals surface area contributed by atoms with Gasteiger partial charge in [-0.05, 0) is 27.7 Å². The van der Waals surface area contributed by atoms with Gasteiger partial charge in [-0.15, -0.1) is 0 Å². The van der Waals surface area contributed by atoms with E-state index in [9.17, 15) is 9.90 Å². The molecule has 1 unspecified atom stereocenters. The van der Waals surface area contributed by atoms with Crippen LogP contribution in [0.2, 0.25) is 0 Å². The van der Waals surface area contributed by atoms with Gasteiger partial charge in [0.05, 0.1) is 12.3 Å². The van der Waals surface area contributed by atoms with Crippen molar-refractivity contribution in [3.05, 3.63) is 23.0 Å². The predicted molar refractivity (Wildman–Crippen MR) is 67.3 cm³/mol. The molecule has 5 nitrogen and oxygen atoms in total. The number of aromatic carboxylic acids is 1. The van der Waals surface area contributed by atoms with Crippen LogP contribution >= 0.6 is 0 Å². The normalized spacial score (nSPS) is 12.2. The minimum absolute atomic E-state index is 0.115. The number of hydrogen-bond acceptors (Lipinski definition) is 4. The van der Waals surface area contributed by atoms with Gasteiger partial charge in [0.1, 0.15) is 17.4 Å². The van der Waals surface area contributed by atoms with Gasteiger partial charge in [0.25, 0.3) is 0 Å². The summed E-state index contributed by atoms with van der Waals surface area (Å²) in [5.74, 6) is -0.682. The fraction of sp³-hybridized carbons (Fsp3) is 0.538. The molecule has 1 aromatic heterocycles. The van der Waals surface area contributed by atoms with Crippen LogP contribution in [0.4, 0.5) is 0 Å². The number of rotatable bonds is 6. The van der Waals surface area contributed by atoms with Crippen molar-refractivity contribution in [2.24, 2.45) is 0 Å². The third kappa shape index (κ3) is 3.70. The highest BCUT2D eigenvalue weighted by Crippen LogP contribution is 2.23. The molecule has 5 heteroatoms. The van der Waals surface area contributed by atoms with Crippen LogP contribution in [0.25, 0.3) is 0 Å². The predicted octanol–water partition coefficient (Wildman–Crippen LogP) is 2.20. The van der Waals surface area contributed by atoms with Crippen LogP contribution in [-0.2, 0) is 4.74 Å². The van der Waals surface area contributed by atoms with E-state index in [0.717, 1.165) is 5.69 Å². The van der Waals surface area contributed by atoms with E-state index in [1.807, 2.05) is 13.8 Å². The Kier molecular flexibility index (Phi) is 5.09. The number of nitrogens with zero attached hydrogens (tertiary/aromatic N) is 1. The molecule has 0 bridgehead atoms. The number of ether oxygens (including phenoxy) is 2. The second-order valence-corrected chi connectivity index (χ2v) is 4.12. The Morgan fingerprint density at radius 1 is 1.50 bits per heavy atom. The highest BCUT2D eigenvalue weighted by Gasteiger charge is 2.18. The zero-order valence-electron chi connectivity index (χ0n) is 11.2. The Balaban J connectivity index is 2.96. The number of aryl methyl sites for hydroxylation is 2. The van der Waals surface area contributed by atoms with E-state index in [0.29, 0.717) is 24.7 Å². The van der Waals surface area contributed by atoms with E-state index in [4.69, 9.17) is 9.47 Å². The van der Waals surface area contributed by atoms with E-state index in [1.54, 1.807) is 19.9 Å². The third-order valence-corrected chi connectivity index (χ3v) is 2.39. The zero-order valence-corrected chi connectivity index (χ0v) is 11.2. The Morgan fingerprint density at radius 3 is 2.72 bits per heavy atom. The highest BCUT2D eigenvalue weighted by atomic mass is 16.5. The lowest BCUT2D eigenvalue weighted by Gasteiger charge is -2.17. The molecule has 18 heavy (non-hydrogen) atoms. The van der Waals surface area contributed by atoms with Crippen molar-refractivity contribution in [1.29, 1.82) is 0 Å². The van der Waals surface area contributed by atoms with Gasteiger partial charge in [0.2, 0.25) is 0 Å². The van der Waals surface area contributed by atoms with E-state index < -0.39 is 5.97 Å². The highest BCUT2D eigenvalue weighted by molar-refractivity contribution is 5.92. The molecule has 1 aromatic rings. The van der Waals surface area contributed by atoms with Gasteiger partial charge in [0.15, 0.2) is 0 Å². The Bertz CT molecular complexity index is 431. The molecule has 1 heterocycles. The minimum atomic E-state index is -1.03.